The third-order valence-electron chi connectivity index (χ3n) is 3.47. The van der Waals surface area contributed by atoms with E-state index >= 15 is 0 Å². The second-order valence-electron chi connectivity index (χ2n) is 5.47. The maximum Gasteiger partial charge on any atom is 0.191 e. The summed E-state index contributed by atoms with van der Waals surface area (Å²) in [5, 5.41) is 7.36. The van der Waals surface area contributed by atoms with Gasteiger partial charge >= 0.3 is 0 Å². The quantitative estimate of drug-likeness (QED) is 0.568. The van der Waals surface area contributed by atoms with E-state index < -0.39 is 0 Å². The molecule has 0 bridgehead atoms. The lowest BCUT2D eigenvalue weighted by Gasteiger charge is -2.21. The lowest BCUT2D eigenvalue weighted by molar-refractivity contribution is 0.0258. The van der Waals surface area contributed by atoms with Crippen molar-refractivity contribution in [3.05, 3.63) is 34.9 Å². The molecule has 124 valence electrons. The minimum atomic E-state index is 0.277. The van der Waals surface area contributed by atoms with Gasteiger partial charge in [-0.2, -0.15) is 0 Å². The van der Waals surface area contributed by atoms with Gasteiger partial charge < -0.3 is 15.4 Å². The van der Waals surface area contributed by atoms with Gasteiger partial charge in [0.05, 0.1) is 6.10 Å². The first-order chi connectivity index (χ1) is 10.6. The van der Waals surface area contributed by atoms with E-state index in [1.165, 1.54) is 0 Å². The second-order valence-corrected chi connectivity index (χ2v) is 5.88. The second kappa shape index (κ2) is 10.5. The number of rotatable bonds is 8. The fourth-order valence-electron chi connectivity index (χ4n) is 2.20. The van der Waals surface area contributed by atoms with Crippen LogP contribution >= 0.6 is 11.6 Å². The molecule has 0 amide bonds. The van der Waals surface area contributed by atoms with E-state index in [1.807, 2.05) is 31.2 Å². The summed E-state index contributed by atoms with van der Waals surface area (Å²) < 4.78 is 5.75. The Morgan fingerprint density at radius 1 is 1.27 bits per heavy atom. The Morgan fingerprint density at radius 3 is 2.59 bits per heavy atom. The van der Waals surface area contributed by atoms with Gasteiger partial charge in [-0.05, 0) is 30.9 Å². The molecular formula is C17H28ClN3O. The van der Waals surface area contributed by atoms with Crippen molar-refractivity contribution in [2.75, 3.05) is 20.2 Å². The molecule has 0 aliphatic heterocycles. The van der Waals surface area contributed by atoms with Crippen LogP contribution in [0.15, 0.2) is 29.3 Å². The molecule has 0 radical (unpaired) electrons. The van der Waals surface area contributed by atoms with E-state index in [0.29, 0.717) is 12.5 Å². The van der Waals surface area contributed by atoms with E-state index in [0.717, 1.165) is 36.1 Å². The highest BCUT2D eigenvalue weighted by Crippen LogP contribution is 2.14. The molecule has 0 aliphatic rings. The first kappa shape index (κ1) is 18.8. The van der Waals surface area contributed by atoms with Gasteiger partial charge in [0.2, 0.25) is 0 Å². The summed E-state index contributed by atoms with van der Waals surface area (Å²) in [5.41, 5.74) is 1.06. The van der Waals surface area contributed by atoms with Crippen molar-refractivity contribution >= 4 is 17.6 Å². The molecule has 1 aromatic rings. The number of nitrogens with one attached hydrogen (secondary N) is 2. The average molecular weight is 326 g/mol. The summed E-state index contributed by atoms with van der Waals surface area (Å²) in [6.07, 6.45) is 1.23. The smallest absolute Gasteiger partial charge is 0.191 e. The minimum absolute atomic E-state index is 0.277. The van der Waals surface area contributed by atoms with Crippen LogP contribution in [0, 0.1) is 5.92 Å². The number of halogens is 1. The summed E-state index contributed by atoms with van der Waals surface area (Å²) >= 11 is 6.15. The summed E-state index contributed by atoms with van der Waals surface area (Å²) in [6, 6.07) is 7.81. The maximum absolute atomic E-state index is 6.15. The van der Waals surface area contributed by atoms with Crippen LogP contribution in [-0.4, -0.2) is 32.3 Å². The number of hydrogen-bond donors (Lipinski definition) is 2. The molecule has 1 unspecified atom stereocenters. The summed E-state index contributed by atoms with van der Waals surface area (Å²) in [4.78, 5) is 4.23. The van der Waals surface area contributed by atoms with E-state index in [-0.39, 0.29) is 6.10 Å². The summed E-state index contributed by atoms with van der Waals surface area (Å²) in [7, 11) is 1.77. The van der Waals surface area contributed by atoms with Crippen LogP contribution in [-0.2, 0) is 11.3 Å². The monoisotopic (exact) mass is 325 g/mol. The van der Waals surface area contributed by atoms with Crippen LogP contribution in [0.4, 0.5) is 0 Å². The molecule has 0 fully saturated rings. The summed E-state index contributed by atoms with van der Waals surface area (Å²) in [5.74, 6) is 1.29. The molecular weight excluding hydrogens is 298 g/mol. The van der Waals surface area contributed by atoms with Crippen molar-refractivity contribution in [3.8, 4) is 0 Å². The highest BCUT2D eigenvalue weighted by atomic mass is 35.5. The van der Waals surface area contributed by atoms with Gasteiger partial charge in [-0.25, -0.2) is 0 Å². The van der Waals surface area contributed by atoms with Crippen LogP contribution in [0.3, 0.4) is 0 Å². The Bertz CT molecular complexity index is 463. The molecule has 2 N–H and O–H groups in total. The topological polar surface area (TPSA) is 45.6 Å². The molecule has 4 nitrogen and oxygen atoms in total. The molecule has 1 atom stereocenters. The predicted molar refractivity (Wildman–Crippen MR) is 94.5 cm³/mol. The van der Waals surface area contributed by atoms with E-state index in [1.54, 1.807) is 7.05 Å². The van der Waals surface area contributed by atoms with Crippen molar-refractivity contribution in [2.45, 2.75) is 39.8 Å². The summed E-state index contributed by atoms with van der Waals surface area (Å²) in [6.45, 7) is 8.63. The highest BCUT2D eigenvalue weighted by molar-refractivity contribution is 6.31. The number of benzene rings is 1. The van der Waals surface area contributed by atoms with Crippen LogP contribution in [0.5, 0.6) is 0 Å². The third-order valence-corrected chi connectivity index (χ3v) is 3.84. The van der Waals surface area contributed by atoms with Gasteiger partial charge in [-0.15, -0.1) is 0 Å². The number of aliphatic imine (C=N–C) groups is 1. The Labute approximate surface area is 139 Å². The van der Waals surface area contributed by atoms with Crippen LogP contribution in [0.1, 0.15) is 32.8 Å². The molecule has 1 aromatic carbocycles. The fourth-order valence-corrected chi connectivity index (χ4v) is 2.40. The van der Waals surface area contributed by atoms with Crippen LogP contribution < -0.4 is 10.6 Å². The fraction of sp³-hybridized carbons (Fsp3) is 0.588. The van der Waals surface area contributed by atoms with Gasteiger partial charge in [0.1, 0.15) is 0 Å². The zero-order valence-electron chi connectivity index (χ0n) is 14.0. The third kappa shape index (κ3) is 6.67. The molecule has 22 heavy (non-hydrogen) atoms. The van der Waals surface area contributed by atoms with E-state index in [4.69, 9.17) is 16.3 Å². The van der Waals surface area contributed by atoms with Crippen LogP contribution in [0.25, 0.3) is 0 Å². The Kier molecular flexibility index (Phi) is 8.94. The largest absolute Gasteiger partial charge is 0.378 e. The van der Waals surface area contributed by atoms with Crippen molar-refractivity contribution in [1.29, 1.82) is 0 Å². The highest BCUT2D eigenvalue weighted by Gasteiger charge is 2.13. The van der Waals surface area contributed by atoms with Gasteiger partial charge in [-0.1, -0.05) is 43.6 Å². The van der Waals surface area contributed by atoms with Crippen molar-refractivity contribution in [3.63, 3.8) is 0 Å². The molecule has 1 rings (SSSR count). The van der Waals surface area contributed by atoms with Gasteiger partial charge in [0.15, 0.2) is 5.96 Å². The first-order valence-corrected chi connectivity index (χ1v) is 8.25. The molecule has 0 heterocycles. The van der Waals surface area contributed by atoms with E-state index in [9.17, 15) is 0 Å². The number of nitrogens with zero attached hydrogens (tertiary/aromatic N) is 1. The van der Waals surface area contributed by atoms with Crippen molar-refractivity contribution in [2.24, 2.45) is 10.9 Å². The SMILES string of the molecule is CCOC(CCNC(=NC)NCc1ccccc1Cl)C(C)C. The number of guanidine groups is 1. The molecule has 0 saturated heterocycles. The normalized spacial score (nSPS) is 13.3. The van der Waals surface area contributed by atoms with Crippen molar-refractivity contribution < 1.29 is 4.74 Å². The first-order valence-electron chi connectivity index (χ1n) is 7.88. The Hall–Kier alpha value is -1.26. The van der Waals surface area contributed by atoms with E-state index in [2.05, 4.69) is 29.5 Å². The maximum atomic E-state index is 6.15. The minimum Gasteiger partial charge on any atom is -0.378 e. The zero-order chi connectivity index (χ0) is 16.4. The van der Waals surface area contributed by atoms with Gasteiger partial charge in [-0.3, -0.25) is 4.99 Å². The Morgan fingerprint density at radius 2 is 2.00 bits per heavy atom. The van der Waals surface area contributed by atoms with Gasteiger partial charge in [0, 0.05) is 31.8 Å². The molecule has 0 aliphatic carbocycles. The standard InChI is InChI=1S/C17H28ClN3O/c1-5-22-16(13(2)3)10-11-20-17(19-4)21-12-14-8-6-7-9-15(14)18/h6-9,13,16H,5,10-12H2,1-4H3,(H2,19,20,21). The number of hydrogen-bond acceptors (Lipinski definition) is 2. The lowest BCUT2D eigenvalue weighted by atomic mass is 10.0. The molecule has 0 spiro atoms. The zero-order valence-corrected chi connectivity index (χ0v) is 14.8. The van der Waals surface area contributed by atoms with Gasteiger partial charge in [0.25, 0.3) is 0 Å². The predicted octanol–water partition coefficient (Wildman–Crippen LogP) is 3.46. The Balaban J connectivity index is 2.38. The van der Waals surface area contributed by atoms with Crippen LogP contribution in [0.2, 0.25) is 5.02 Å². The molecule has 5 heteroatoms. The number of ether oxygens (including phenoxy) is 1. The molecule has 0 saturated carbocycles. The average Bonchev–Trinajstić information content (AvgIpc) is 2.50. The van der Waals surface area contributed by atoms with Crippen molar-refractivity contribution in [1.82, 2.24) is 10.6 Å². The lowest BCUT2D eigenvalue weighted by Crippen LogP contribution is -2.39. The molecule has 0 aromatic heterocycles.